The topological polar surface area (TPSA) is 12.9 Å². The monoisotopic (exact) mass is 269 g/mol. The fraction of sp³-hybridized carbons (Fsp3) is 0.353. The molecule has 2 rings (SSSR count). The minimum Gasteiger partial charge on any atom is -0.256 e. The van der Waals surface area contributed by atoms with Crippen LogP contribution in [0, 0.1) is 0 Å². The molecule has 2 heteroatoms. The number of hydrogen-bond donors (Lipinski definition) is 0. The Hall–Kier alpha value is -1.41. The van der Waals surface area contributed by atoms with Gasteiger partial charge in [-0.2, -0.15) is 0 Å². The molecule has 1 aromatic heterocycles. The van der Waals surface area contributed by atoms with Crippen molar-refractivity contribution < 1.29 is 0 Å². The van der Waals surface area contributed by atoms with E-state index < -0.39 is 8.07 Å². The van der Waals surface area contributed by atoms with E-state index in [2.05, 4.69) is 63.1 Å². The van der Waals surface area contributed by atoms with Gasteiger partial charge in [0.05, 0.1) is 13.8 Å². The zero-order valence-electron chi connectivity index (χ0n) is 12.4. The zero-order valence-corrected chi connectivity index (χ0v) is 13.4. The molecule has 19 heavy (non-hydrogen) atoms. The molecule has 0 saturated heterocycles. The van der Waals surface area contributed by atoms with E-state index in [0.717, 1.165) is 12.1 Å². The third-order valence-electron chi connectivity index (χ3n) is 3.39. The summed E-state index contributed by atoms with van der Waals surface area (Å²) in [5.74, 6) is 0. The summed E-state index contributed by atoms with van der Waals surface area (Å²) in [6.45, 7) is 9.43. The summed E-state index contributed by atoms with van der Waals surface area (Å²) in [7, 11) is -1.30. The molecule has 2 aromatic rings. The summed E-state index contributed by atoms with van der Waals surface area (Å²) in [6, 6.07) is 12.8. The van der Waals surface area contributed by atoms with Gasteiger partial charge >= 0.3 is 0 Å². The van der Waals surface area contributed by atoms with Gasteiger partial charge in [0.15, 0.2) is 0 Å². The summed E-state index contributed by atoms with van der Waals surface area (Å²) in [6.07, 6.45) is 4.47. The van der Waals surface area contributed by atoms with Gasteiger partial charge < -0.3 is 0 Å². The van der Waals surface area contributed by atoms with E-state index in [1.165, 1.54) is 22.7 Å². The Morgan fingerprint density at radius 1 is 1.05 bits per heavy atom. The van der Waals surface area contributed by atoms with Gasteiger partial charge in [-0.1, -0.05) is 63.3 Å². The molecule has 0 saturated carbocycles. The fourth-order valence-electron chi connectivity index (χ4n) is 2.42. The molecule has 1 nitrogen and oxygen atoms in total. The van der Waals surface area contributed by atoms with Crippen LogP contribution in [0.5, 0.6) is 0 Å². The first-order valence-corrected chi connectivity index (χ1v) is 10.6. The fourth-order valence-corrected chi connectivity index (χ4v) is 4.03. The van der Waals surface area contributed by atoms with Gasteiger partial charge in [0.2, 0.25) is 0 Å². The van der Waals surface area contributed by atoms with E-state index in [9.17, 15) is 0 Å². The summed E-state index contributed by atoms with van der Waals surface area (Å²) in [4.78, 5) is 4.69. The number of aromatic nitrogens is 1. The van der Waals surface area contributed by atoms with Crippen LogP contribution in [0.4, 0.5) is 0 Å². The van der Waals surface area contributed by atoms with Crippen LogP contribution in [-0.4, -0.2) is 13.1 Å². The number of rotatable bonds is 4. The van der Waals surface area contributed by atoms with Crippen molar-refractivity contribution in [1.82, 2.24) is 4.98 Å². The first-order chi connectivity index (χ1) is 9.02. The molecule has 1 heterocycles. The number of pyridine rings is 1. The van der Waals surface area contributed by atoms with Gasteiger partial charge in [-0.3, -0.25) is 4.98 Å². The van der Waals surface area contributed by atoms with Gasteiger partial charge in [-0.05, 0) is 23.2 Å². The Kier molecular flexibility index (Phi) is 4.20. The second kappa shape index (κ2) is 5.70. The van der Waals surface area contributed by atoms with Crippen molar-refractivity contribution in [2.45, 2.75) is 39.4 Å². The molecule has 0 bridgehead atoms. The second-order valence-corrected chi connectivity index (χ2v) is 11.1. The SMILES string of the molecule is CCCc1cc(-c2ccccc2)ncc1[Si](C)(C)C. The summed E-state index contributed by atoms with van der Waals surface area (Å²) in [5, 5.41) is 1.51. The normalized spacial score (nSPS) is 11.6. The molecule has 100 valence electrons. The van der Waals surface area contributed by atoms with E-state index >= 15 is 0 Å². The van der Waals surface area contributed by atoms with Crippen LogP contribution in [0.1, 0.15) is 18.9 Å². The smallest absolute Gasteiger partial charge is 0.0799 e. The van der Waals surface area contributed by atoms with Crippen molar-refractivity contribution in [3.63, 3.8) is 0 Å². The molecule has 0 N–H and O–H groups in total. The Morgan fingerprint density at radius 3 is 2.32 bits per heavy atom. The standard InChI is InChI=1S/C17H23NSi/c1-5-9-15-12-16(14-10-7-6-8-11-14)18-13-17(15)19(2,3)4/h6-8,10-13H,5,9H2,1-4H3. The highest BCUT2D eigenvalue weighted by Crippen LogP contribution is 2.19. The molecule has 0 spiro atoms. The van der Waals surface area contributed by atoms with Gasteiger partial charge in [0, 0.05) is 11.8 Å². The average Bonchev–Trinajstić information content (AvgIpc) is 2.39. The molecular formula is C17H23NSi. The molecule has 0 atom stereocenters. The molecule has 0 amide bonds. The van der Waals surface area contributed by atoms with Crippen molar-refractivity contribution in [3.8, 4) is 11.3 Å². The minimum atomic E-state index is -1.30. The van der Waals surface area contributed by atoms with Crippen molar-refractivity contribution >= 4 is 13.3 Å². The molecule has 0 fully saturated rings. The first kappa shape index (κ1) is 14.0. The molecule has 0 aliphatic heterocycles. The lowest BCUT2D eigenvalue weighted by Crippen LogP contribution is -2.40. The van der Waals surface area contributed by atoms with Gasteiger partial charge in [-0.25, -0.2) is 0 Å². The van der Waals surface area contributed by atoms with Crippen molar-refractivity contribution in [2.24, 2.45) is 0 Å². The Labute approximate surface area is 117 Å². The van der Waals surface area contributed by atoms with E-state index in [1.807, 2.05) is 6.07 Å². The maximum absolute atomic E-state index is 4.69. The third-order valence-corrected chi connectivity index (χ3v) is 5.45. The molecule has 0 aliphatic carbocycles. The van der Waals surface area contributed by atoms with Gasteiger partial charge in [0.25, 0.3) is 0 Å². The highest BCUT2D eigenvalue weighted by molar-refractivity contribution is 6.89. The molecular weight excluding hydrogens is 246 g/mol. The highest BCUT2D eigenvalue weighted by Gasteiger charge is 2.20. The predicted octanol–water partition coefficient (Wildman–Crippen LogP) is 4.25. The minimum absolute atomic E-state index is 1.10. The molecule has 0 unspecified atom stereocenters. The number of benzene rings is 1. The predicted molar refractivity (Wildman–Crippen MR) is 86.6 cm³/mol. The van der Waals surface area contributed by atoms with Crippen LogP contribution < -0.4 is 5.19 Å². The lowest BCUT2D eigenvalue weighted by molar-refractivity contribution is 0.924. The van der Waals surface area contributed by atoms with Crippen LogP contribution in [0.2, 0.25) is 19.6 Å². The van der Waals surface area contributed by atoms with Crippen LogP contribution >= 0.6 is 0 Å². The van der Waals surface area contributed by atoms with E-state index in [-0.39, 0.29) is 0 Å². The van der Waals surface area contributed by atoms with E-state index in [4.69, 9.17) is 4.98 Å². The number of nitrogens with zero attached hydrogens (tertiary/aromatic N) is 1. The van der Waals surface area contributed by atoms with Gasteiger partial charge in [-0.15, -0.1) is 0 Å². The quantitative estimate of drug-likeness (QED) is 0.756. The molecule has 0 radical (unpaired) electrons. The van der Waals surface area contributed by atoms with Crippen molar-refractivity contribution in [3.05, 3.63) is 48.2 Å². The summed E-state index contributed by atoms with van der Waals surface area (Å²) in [5.41, 5.74) is 3.81. The van der Waals surface area contributed by atoms with Crippen LogP contribution in [0.3, 0.4) is 0 Å². The van der Waals surface area contributed by atoms with Crippen molar-refractivity contribution in [1.29, 1.82) is 0 Å². The van der Waals surface area contributed by atoms with Crippen LogP contribution in [-0.2, 0) is 6.42 Å². The third kappa shape index (κ3) is 3.32. The first-order valence-electron chi connectivity index (χ1n) is 7.07. The average molecular weight is 269 g/mol. The lowest BCUT2D eigenvalue weighted by Gasteiger charge is -2.21. The Bertz CT molecular complexity index is 541. The second-order valence-electron chi connectivity index (χ2n) is 6.09. The number of hydrogen-bond acceptors (Lipinski definition) is 1. The summed E-state index contributed by atoms with van der Waals surface area (Å²) < 4.78 is 0. The highest BCUT2D eigenvalue weighted by atomic mass is 28.3. The molecule has 0 aliphatic rings. The van der Waals surface area contributed by atoms with Crippen molar-refractivity contribution in [2.75, 3.05) is 0 Å². The van der Waals surface area contributed by atoms with Gasteiger partial charge in [0.1, 0.15) is 0 Å². The van der Waals surface area contributed by atoms with Crippen LogP contribution in [0.15, 0.2) is 42.6 Å². The lowest BCUT2D eigenvalue weighted by atomic mass is 10.1. The van der Waals surface area contributed by atoms with Crippen LogP contribution in [0.25, 0.3) is 11.3 Å². The van der Waals surface area contributed by atoms with E-state index in [0.29, 0.717) is 0 Å². The zero-order chi connectivity index (χ0) is 13.9. The maximum atomic E-state index is 4.69. The molecule has 1 aromatic carbocycles. The maximum Gasteiger partial charge on any atom is 0.0799 e. The largest absolute Gasteiger partial charge is 0.256 e. The summed E-state index contributed by atoms with van der Waals surface area (Å²) >= 11 is 0. The Balaban J connectivity index is 2.48. The Morgan fingerprint density at radius 2 is 1.74 bits per heavy atom. The van der Waals surface area contributed by atoms with E-state index in [1.54, 1.807) is 0 Å². The number of aryl methyl sites for hydroxylation is 1.